The summed E-state index contributed by atoms with van der Waals surface area (Å²) in [5.41, 5.74) is 0.491. The maximum atomic E-state index is 11.7. The summed E-state index contributed by atoms with van der Waals surface area (Å²) in [6, 6.07) is 7.04. The molecule has 88 valence electrons. The Morgan fingerprint density at radius 3 is 2.81 bits per heavy atom. The Morgan fingerprint density at radius 2 is 2.19 bits per heavy atom. The van der Waals surface area contributed by atoms with E-state index in [2.05, 4.69) is 5.32 Å². The lowest BCUT2D eigenvalue weighted by atomic mass is 10.2. The van der Waals surface area contributed by atoms with E-state index < -0.39 is 6.10 Å². The first-order valence-electron chi connectivity index (χ1n) is 5.33. The van der Waals surface area contributed by atoms with Gasteiger partial charge in [-0.25, -0.2) is 0 Å². The van der Waals surface area contributed by atoms with Gasteiger partial charge in [0.15, 0.2) is 0 Å². The molecule has 0 bridgehead atoms. The molecule has 0 fully saturated rings. The number of hydrogen-bond donors (Lipinski definition) is 2. The molecule has 0 saturated heterocycles. The third kappa shape index (κ3) is 3.55. The van der Waals surface area contributed by atoms with E-state index in [0.29, 0.717) is 17.9 Å². The maximum Gasteiger partial charge on any atom is 0.255 e. The van der Waals surface area contributed by atoms with Crippen LogP contribution in [0.2, 0.25) is 0 Å². The smallest absolute Gasteiger partial charge is 0.255 e. The average molecular weight is 223 g/mol. The second-order valence-electron chi connectivity index (χ2n) is 3.49. The molecule has 0 aliphatic heterocycles. The zero-order valence-electron chi connectivity index (χ0n) is 9.56. The number of rotatable bonds is 5. The van der Waals surface area contributed by atoms with Crippen LogP contribution in [0.25, 0.3) is 0 Å². The Balaban J connectivity index is 2.73. The zero-order chi connectivity index (χ0) is 12.0. The van der Waals surface area contributed by atoms with E-state index in [1.165, 1.54) is 0 Å². The van der Waals surface area contributed by atoms with E-state index in [1.807, 2.05) is 13.0 Å². The van der Waals surface area contributed by atoms with Crippen molar-refractivity contribution in [3.8, 4) is 5.75 Å². The number of para-hydroxylation sites is 1. The Morgan fingerprint density at radius 1 is 1.50 bits per heavy atom. The fourth-order valence-electron chi connectivity index (χ4n) is 1.27. The van der Waals surface area contributed by atoms with Gasteiger partial charge in [0.1, 0.15) is 5.75 Å². The normalized spacial score (nSPS) is 11.9. The maximum absolute atomic E-state index is 11.7. The minimum atomic E-state index is -0.553. The number of carbonyl (C=O) groups excluding carboxylic acids is 1. The van der Waals surface area contributed by atoms with Gasteiger partial charge in [-0.15, -0.1) is 0 Å². The summed E-state index contributed by atoms with van der Waals surface area (Å²) in [6.45, 7) is 4.24. The van der Waals surface area contributed by atoms with Gasteiger partial charge in [-0.3, -0.25) is 4.79 Å². The van der Waals surface area contributed by atoms with Gasteiger partial charge in [0.05, 0.1) is 18.3 Å². The summed E-state index contributed by atoms with van der Waals surface area (Å²) in [6.07, 6.45) is -0.553. The summed E-state index contributed by atoms with van der Waals surface area (Å²) < 4.78 is 5.34. The van der Waals surface area contributed by atoms with E-state index in [4.69, 9.17) is 9.84 Å². The minimum absolute atomic E-state index is 0.232. The summed E-state index contributed by atoms with van der Waals surface area (Å²) in [5, 5.41) is 11.7. The van der Waals surface area contributed by atoms with Crippen LogP contribution in [-0.4, -0.2) is 30.3 Å². The van der Waals surface area contributed by atoms with Gasteiger partial charge in [0.2, 0.25) is 0 Å². The lowest BCUT2D eigenvalue weighted by molar-refractivity contribution is 0.0920. The van der Waals surface area contributed by atoms with Gasteiger partial charge >= 0.3 is 0 Å². The molecule has 0 radical (unpaired) electrons. The number of amides is 1. The minimum Gasteiger partial charge on any atom is -0.493 e. The standard InChI is InChI=1S/C12H17NO3/c1-3-16-11-7-5-4-6-10(11)12(15)13-8-9(2)14/h4-7,9,14H,3,8H2,1-2H3,(H,13,15)/t9-/m1/s1. The van der Waals surface area contributed by atoms with Gasteiger partial charge in [-0.2, -0.15) is 0 Å². The van der Waals surface area contributed by atoms with Crippen LogP contribution >= 0.6 is 0 Å². The SMILES string of the molecule is CCOc1ccccc1C(=O)NC[C@@H](C)O. The molecule has 1 amide bonds. The van der Waals surface area contributed by atoms with E-state index in [0.717, 1.165) is 0 Å². The van der Waals surface area contributed by atoms with Crippen molar-refractivity contribution in [3.63, 3.8) is 0 Å². The van der Waals surface area contributed by atoms with Crippen LogP contribution in [0.5, 0.6) is 5.75 Å². The molecule has 0 aliphatic carbocycles. The molecule has 0 heterocycles. The molecule has 4 nitrogen and oxygen atoms in total. The van der Waals surface area contributed by atoms with Crippen molar-refractivity contribution in [1.82, 2.24) is 5.32 Å². The van der Waals surface area contributed by atoms with Crippen LogP contribution in [0.15, 0.2) is 24.3 Å². The summed E-state index contributed by atoms with van der Waals surface area (Å²) >= 11 is 0. The fourth-order valence-corrected chi connectivity index (χ4v) is 1.27. The number of benzene rings is 1. The van der Waals surface area contributed by atoms with E-state index in [1.54, 1.807) is 25.1 Å². The molecular formula is C12H17NO3. The number of carbonyl (C=O) groups is 1. The molecule has 0 unspecified atom stereocenters. The molecule has 0 spiro atoms. The van der Waals surface area contributed by atoms with E-state index in [9.17, 15) is 4.79 Å². The summed E-state index contributed by atoms with van der Waals surface area (Å²) in [7, 11) is 0. The number of aliphatic hydroxyl groups excluding tert-OH is 1. The second-order valence-corrected chi connectivity index (χ2v) is 3.49. The highest BCUT2D eigenvalue weighted by Gasteiger charge is 2.11. The number of ether oxygens (including phenoxy) is 1. The molecule has 0 aliphatic rings. The summed E-state index contributed by atoms with van der Waals surface area (Å²) in [5.74, 6) is 0.332. The van der Waals surface area contributed by atoms with Crippen molar-refractivity contribution in [2.75, 3.05) is 13.2 Å². The molecule has 1 rings (SSSR count). The number of aliphatic hydroxyl groups is 1. The number of hydrogen-bond acceptors (Lipinski definition) is 3. The van der Waals surface area contributed by atoms with Crippen LogP contribution in [0.4, 0.5) is 0 Å². The second kappa shape index (κ2) is 6.12. The van der Waals surface area contributed by atoms with Crippen molar-refractivity contribution >= 4 is 5.91 Å². The Hall–Kier alpha value is -1.55. The molecule has 4 heteroatoms. The predicted octanol–water partition coefficient (Wildman–Crippen LogP) is 1.20. The molecule has 1 aromatic rings. The van der Waals surface area contributed by atoms with Gasteiger partial charge < -0.3 is 15.2 Å². The van der Waals surface area contributed by atoms with Crippen molar-refractivity contribution in [2.24, 2.45) is 0 Å². The van der Waals surface area contributed by atoms with Gasteiger partial charge in [0.25, 0.3) is 5.91 Å². The van der Waals surface area contributed by atoms with Crippen LogP contribution in [0.3, 0.4) is 0 Å². The lowest BCUT2D eigenvalue weighted by Gasteiger charge is -2.11. The predicted molar refractivity (Wildman–Crippen MR) is 61.6 cm³/mol. The van der Waals surface area contributed by atoms with Crippen molar-refractivity contribution < 1.29 is 14.6 Å². The third-order valence-electron chi connectivity index (χ3n) is 1.99. The molecule has 1 atom stereocenters. The van der Waals surface area contributed by atoms with Crippen LogP contribution in [0, 0.1) is 0 Å². The van der Waals surface area contributed by atoms with Crippen molar-refractivity contribution in [1.29, 1.82) is 0 Å². The quantitative estimate of drug-likeness (QED) is 0.788. The molecule has 2 N–H and O–H groups in total. The topological polar surface area (TPSA) is 58.6 Å². The molecular weight excluding hydrogens is 206 g/mol. The third-order valence-corrected chi connectivity index (χ3v) is 1.99. The highest BCUT2D eigenvalue weighted by Crippen LogP contribution is 2.17. The van der Waals surface area contributed by atoms with Crippen LogP contribution in [0.1, 0.15) is 24.2 Å². The van der Waals surface area contributed by atoms with Crippen LogP contribution in [-0.2, 0) is 0 Å². The van der Waals surface area contributed by atoms with E-state index >= 15 is 0 Å². The van der Waals surface area contributed by atoms with Crippen LogP contribution < -0.4 is 10.1 Å². The number of nitrogens with one attached hydrogen (secondary N) is 1. The van der Waals surface area contributed by atoms with Gasteiger partial charge in [0, 0.05) is 6.54 Å². The first-order chi connectivity index (χ1) is 7.65. The van der Waals surface area contributed by atoms with Crippen molar-refractivity contribution in [3.05, 3.63) is 29.8 Å². The van der Waals surface area contributed by atoms with Crippen molar-refractivity contribution in [2.45, 2.75) is 20.0 Å². The molecule has 1 aromatic carbocycles. The fraction of sp³-hybridized carbons (Fsp3) is 0.417. The lowest BCUT2D eigenvalue weighted by Crippen LogP contribution is -2.30. The molecule has 0 aromatic heterocycles. The molecule has 16 heavy (non-hydrogen) atoms. The van der Waals surface area contributed by atoms with Gasteiger partial charge in [-0.1, -0.05) is 12.1 Å². The average Bonchev–Trinajstić information content (AvgIpc) is 2.27. The largest absolute Gasteiger partial charge is 0.493 e. The highest BCUT2D eigenvalue weighted by molar-refractivity contribution is 5.96. The first-order valence-corrected chi connectivity index (χ1v) is 5.33. The monoisotopic (exact) mass is 223 g/mol. The zero-order valence-corrected chi connectivity index (χ0v) is 9.56. The summed E-state index contributed by atoms with van der Waals surface area (Å²) in [4.78, 5) is 11.7. The Kier molecular flexibility index (Phi) is 4.79. The van der Waals surface area contributed by atoms with Gasteiger partial charge in [-0.05, 0) is 26.0 Å². The highest BCUT2D eigenvalue weighted by atomic mass is 16.5. The van der Waals surface area contributed by atoms with E-state index in [-0.39, 0.29) is 12.5 Å². The Labute approximate surface area is 95.2 Å². The molecule has 0 saturated carbocycles. The Bertz CT molecular complexity index is 350. The first kappa shape index (κ1) is 12.5.